The average Bonchev–Trinajstić information content (AvgIpc) is 2.53. The van der Waals surface area contributed by atoms with Gasteiger partial charge in [0.1, 0.15) is 0 Å². The van der Waals surface area contributed by atoms with Gasteiger partial charge in [-0.3, -0.25) is 0 Å². The molecule has 1 atom stereocenters. The molecule has 1 fully saturated rings. The minimum atomic E-state index is 0.912. The van der Waals surface area contributed by atoms with Crippen LogP contribution in [-0.4, -0.2) is 13.1 Å². The number of rotatable bonds is 6. The topological polar surface area (TPSA) is 3.24 Å². The first-order valence-corrected chi connectivity index (χ1v) is 8.56. The van der Waals surface area contributed by atoms with Gasteiger partial charge < -0.3 is 4.90 Å². The lowest BCUT2D eigenvalue weighted by atomic mass is 9.88. The van der Waals surface area contributed by atoms with Gasteiger partial charge in [-0.1, -0.05) is 52.2 Å². The van der Waals surface area contributed by atoms with Crippen molar-refractivity contribution in [2.45, 2.75) is 59.3 Å². The van der Waals surface area contributed by atoms with Crippen LogP contribution in [0.25, 0.3) is 0 Å². The van der Waals surface area contributed by atoms with Crippen molar-refractivity contribution < 1.29 is 0 Å². The molecule has 1 nitrogen and oxygen atoms in total. The molecule has 0 amide bonds. The van der Waals surface area contributed by atoms with Crippen LogP contribution in [0.1, 0.15) is 58.4 Å². The number of piperidine rings is 1. The van der Waals surface area contributed by atoms with Crippen LogP contribution in [0.4, 0.5) is 5.69 Å². The van der Waals surface area contributed by atoms with Gasteiger partial charge in [-0.15, -0.1) is 0 Å². The summed E-state index contributed by atoms with van der Waals surface area (Å²) in [6, 6.07) is 9.17. The van der Waals surface area contributed by atoms with Gasteiger partial charge in [-0.2, -0.15) is 0 Å². The Kier molecular flexibility index (Phi) is 5.94. The second-order valence-electron chi connectivity index (χ2n) is 6.54. The maximum atomic E-state index is 2.57. The van der Waals surface area contributed by atoms with Gasteiger partial charge in [0.05, 0.1) is 0 Å². The molecule has 20 heavy (non-hydrogen) atoms. The van der Waals surface area contributed by atoms with E-state index in [4.69, 9.17) is 0 Å². The smallest absolute Gasteiger partial charge is 0.0366 e. The second-order valence-corrected chi connectivity index (χ2v) is 6.54. The molecule has 1 heterocycles. The summed E-state index contributed by atoms with van der Waals surface area (Å²) in [7, 11) is 0. The van der Waals surface area contributed by atoms with Crippen LogP contribution in [0.2, 0.25) is 0 Å². The van der Waals surface area contributed by atoms with Crippen molar-refractivity contribution in [1.29, 1.82) is 0 Å². The third-order valence-electron chi connectivity index (χ3n) is 5.09. The number of benzene rings is 1. The Balaban J connectivity index is 1.78. The maximum absolute atomic E-state index is 2.57. The Hall–Kier alpha value is -0.980. The Bertz CT molecular complexity index is 373. The number of nitrogens with zero attached hydrogens (tertiary/aromatic N) is 1. The molecule has 1 saturated heterocycles. The monoisotopic (exact) mass is 273 g/mol. The van der Waals surface area contributed by atoms with Crippen molar-refractivity contribution in [2.75, 3.05) is 18.0 Å². The van der Waals surface area contributed by atoms with Crippen LogP contribution in [0, 0.1) is 11.8 Å². The summed E-state index contributed by atoms with van der Waals surface area (Å²) in [5.41, 5.74) is 2.86. The van der Waals surface area contributed by atoms with Crippen LogP contribution in [0.15, 0.2) is 24.3 Å². The second kappa shape index (κ2) is 7.71. The van der Waals surface area contributed by atoms with Gasteiger partial charge in [0.15, 0.2) is 0 Å². The lowest BCUT2D eigenvalue weighted by Gasteiger charge is -2.34. The zero-order chi connectivity index (χ0) is 14.4. The van der Waals surface area contributed by atoms with E-state index in [9.17, 15) is 0 Å². The Labute approximate surface area is 125 Å². The van der Waals surface area contributed by atoms with Gasteiger partial charge >= 0.3 is 0 Å². The average molecular weight is 273 g/mol. The highest BCUT2D eigenvalue weighted by molar-refractivity contribution is 5.47. The molecule has 2 rings (SSSR count). The summed E-state index contributed by atoms with van der Waals surface area (Å²) in [5, 5.41) is 0. The molecular weight excluding hydrogens is 242 g/mol. The zero-order valence-corrected chi connectivity index (χ0v) is 13.6. The molecular formula is C19H31N. The summed E-state index contributed by atoms with van der Waals surface area (Å²) in [5.74, 6) is 1.88. The van der Waals surface area contributed by atoms with Crippen LogP contribution in [-0.2, 0) is 6.42 Å². The largest absolute Gasteiger partial charge is 0.372 e. The van der Waals surface area contributed by atoms with Gasteiger partial charge in [0.2, 0.25) is 0 Å². The standard InChI is InChI=1S/C19H31N/c1-4-16(3)6-7-18-12-14-20(15-13-18)19-10-8-17(5-2)9-11-19/h8-11,16,18H,4-7,12-15H2,1-3H3. The SMILES string of the molecule is CCc1ccc(N2CCC(CCC(C)CC)CC2)cc1. The van der Waals surface area contributed by atoms with Crippen molar-refractivity contribution in [1.82, 2.24) is 0 Å². The van der Waals surface area contributed by atoms with E-state index in [1.165, 1.54) is 56.4 Å². The lowest BCUT2D eigenvalue weighted by molar-refractivity contribution is 0.342. The Morgan fingerprint density at radius 3 is 2.30 bits per heavy atom. The Morgan fingerprint density at radius 2 is 1.75 bits per heavy atom. The molecule has 0 aromatic heterocycles. The van der Waals surface area contributed by atoms with E-state index >= 15 is 0 Å². The van der Waals surface area contributed by atoms with Crippen LogP contribution in [0.3, 0.4) is 0 Å². The summed E-state index contributed by atoms with van der Waals surface area (Å²) in [6.45, 7) is 9.42. The molecule has 1 aromatic carbocycles. The summed E-state index contributed by atoms with van der Waals surface area (Å²) < 4.78 is 0. The highest BCUT2D eigenvalue weighted by Gasteiger charge is 2.19. The van der Waals surface area contributed by atoms with E-state index in [1.54, 1.807) is 0 Å². The number of aryl methyl sites for hydroxylation is 1. The molecule has 0 bridgehead atoms. The first-order chi connectivity index (χ1) is 9.72. The molecule has 1 heteroatoms. The van der Waals surface area contributed by atoms with E-state index in [0.717, 1.165) is 18.3 Å². The molecule has 1 aromatic rings. The van der Waals surface area contributed by atoms with E-state index in [-0.39, 0.29) is 0 Å². The van der Waals surface area contributed by atoms with E-state index in [2.05, 4.69) is 49.9 Å². The third-order valence-corrected chi connectivity index (χ3v) is 5.09. The predicted molar refractivity (Wildman–Crippen MR) is 89.4 cm³/mol. The minimum absolute atomic E-state index is 0.912. The molecule has 0 radical (unpaired) electrons. The van der Waals surface area contributed by atoms with E-state index in [1.807, 2.05) is 0 Å². The molecule has 112 valence electrons. The molecule has 0 N–H and O–H groups in total. The number of hydrogen-bond donors (Lipinski definition) is 0. The minimum Gasteiger partial charge on any atom is -0.372 e. The Morgan fingerprint density at radius 1 is 1.10 bits per heavy atom. The van der Waals surface area contributed by atoms with Crippen molar-refractivity contribution in [3.63, 3.8) is 0 Å². The number of anilines is 1. The van der Waals surface area contributed by atoms with Gasteiger partial charge in [0, 0.05) is 18.8 Å². The van der Waals surface area contributed by atoms with Crippen LogP contribution in [0.5, 0.6) is 0 Å². The molecule has 0 aliphatic carbocycles. The van der Waals surface area contributed by atoms with E-state index < -0.39 is 0 Å². The normalized spacial score (nSPS) is 18.2. The van der Waals surface area contributed by atoms with Crippen molar-refractivity contribution in [3.8, 4) is 0 Å². The fourth-order valence-corrected chi connectivity index (χ4v) is 3.15. The van der Waals surface area contributed by atoms with Gasteiger partial charge in [-0.25, -0.2) is 0 Å². The lowest BCUT2D eigenvalue weighted by Crippen LogP contribution is -2.33. The first-order valence-electron chi connectivity index (χ1n) is 8.56. The van der Waals surface area contributed by atoms with Gasteiger partial charge in [0.25, 0.3) is 0 Å². The van der Waals surface area contributed by atoms with Crippen molar-refractivity contribution in [3.05, 3.63) is 29.8 Å². The number of hydrogen-bond acceptors (Lipinski definition) is 1. The predicted octanol–water partition coefficient (Wildman–Crippen LogP) is 5.29. The molecule has 1 aliphatic heterocycles. The van der Waals surface area contributed by atoms with Crippen molar-refractivity contribution in [2.24, 2.45) is 11.8 Å². The highest BCUT2D eigenvalue weighted by atomic mass is 15.1. The van der Waals surface area contributed by atoms with E-state index in [0.29, 0.717) is 0 Å². The van der Waals surface area contributed by atoms with Crippen molar-refractivity contribution >= 4 is 5.69 Å². The third kappa shape index (κ3) is 4.26. The highest BCUT2D eigenvalue weighted by Crippen LogP contribution is 2.27. The first kappa shape index (κ1) is 15.4. The van der Waals surface area contributed by atoms with Gasteiger partial charge in [-0.05, 0) is 48.8 Å². The molecule has 1 unspecified atom stereocenters. The maximum Gasteiger partial charge on any atom is 0.0366 e. The zero-order valence-electron chi connectivity index (χ0n) is 13.6. The fraction of sp³-hybridized carbons (Fsp3) is 0.684. The fourth-order valence-electron chi connectivity index (χ4n) is 3.15. The molecule has 1 aliphatic rings. The summed E-state index contributed by atoms with van der Waals surface area (Å²) >= 11 is 0. The van der Waals surface area contributed by atoms with Crippen LogP contribution < -0.4 is 4.90 Å². The van der Waals surface area contributed by atoms with Crippen LogP contribution >= 0.6 is 0 Å². The summed E-state index contributed by atoms with van der Waals surface area (Å²) in [4.78, 5) is 2.57. The quantitative estimate of drug-likeness (QED) is 0.680. The summed E-state index contributed by atoms with van der Waals surface area (Å²) in [6.07, 6.45) is 8.10. The molecule has 0 spiro atoms. The molecule has 0 saturated carbocycles.